The van der Waals surface area contributed by atoms with Crippen LogP contribution in [0.3, 0.4) is 0 Å². The summed E-state index contributed by atoms with van der Waals surface area (Å²) in [6.07, 6.45) is 3.17. The Kier molecular flexibility index (Phi) is 5.38. The first kappa shape index (κ1) is 17.5. The molecule has 0 saturated carbocycles. The van der Waals surface area contributed by atoms with Crippen LogP contribution < -0.4 is 4.74 Å². The first-order chi connectivity index (χ1) is 12.1. The van der Waals surface area contributed by atoms with Crippen molar-refractivity contribution in [2.75, 3.05) is 33.3 Å². The molecule has 2 aliphatic rings. The molecule has 0 radical (unpaired) electrons. The Morgan fingerprint density at radius 2 is 2.20 bits per heavy atom. The number of rotatable bonds is 4. The summed E-state index contributed by atoms with van der Waals surface area (Å²) in [6.45, 7) is 1.63. The Balaban J connectivity index is 1.60. The molecule has 2 heterocycles. The molecule has 1 atom stereocenters. The van der Waals surface area contributed by atoms with Crippen LogP contribution in [0.15, 0.2) is 30.3 Å². The first-order valence-corrected chi connectivity index (χ1v) is 8.66. The Morgan fingerprint density at radius 1 is 1.36 bits per heavy atom. The van der Waals surface area contributed by atoms with Crippen LogP contribution in [0.25, 0.3) is 5.57 Å². The van der Waals surface area contributed by atoms with Gasteiger partial charge in [0.1, 0.15) is 11.9 Å². The van der Waals surface area contributed by atoms with Crippen LogP contribution in [-0.4, -0.2) is 66.1 Å². The van der Waals surface area contributed by atoms with Gasteiger partial charge in [0.15, 0.2) is 0 Å². The zero-order chi connectivity index (χ0) is 17.8. The van der Waals surface area contributed by atoms with Gasteiger partial charge in [0.25, 0.3) is 5.91 Å². The Hall–Kier alpha value is -2.34. The predicted octanol–water partition coefficient (Wildman–Crippen LogP) is 1.29. The van der Waals surface area contributed by atoms with Gasteiger partial charge in [-0.15, -0.1) is 0 Å². The second-order valence-corrected chi connectivity index (χ2v) is 6.51. The zero-order valence-corrected chi connectivity index (χ0v) is 14.5. The molecule has 25 heavy (non-hydrogen) atoms. The van der Waals surface area contributed by atoms with E-state index in [-0.39, 0.29) is 18.4 Å². The molecule has 2 amide bonds. The van der Waals surface area contributed by atoms with E-state index >= 15 is 0 Å². The van der Waals surface area contributed by atoms with Crippen molar-refractivity contribution in [1.29, 1.82) is 0 Å². The Labute approximate surface area is 147 Å². The summed E-state index contributed by atoms with van der Waals surface area (Å²) in [5.74, 6) is 0.370. The summed E-state index contributed by atoms with van der Waals surface area (Å²) >= 11 is 0. The van der Waals surface area contributed by atoms with E-state index in [1.807, 2.05) is 30.3 Å². The summed E-state index contributed by atoms with van der Waals surface area (Å²) < 4.78 is 5.25. The van der Waals surface area contributed by atoms with Crippen molar-refractivity contribution in [2.45, 2.75) is 25.4 Å². The number of aliphatic hydroxyl groups is 1. The average Bonchev–Trinajstić information content (AvgIpc) is 3.08. The summed E-state index contributed by atoms with van der Waals surface area (Å²) in [6, 6.07) is 7.76. The van der Waals surface area contributed by atoms with Gasteiger partial charge in [-0.3, -0.25) is 9.59 Å². The summed E-state index contributed by atoms with van der Waals surface area (Å²) in [5, 5.41) is 9.81. The molecule has 1 unspecified atom stereocenters. The van der Waals surface area contributed by atoms with Crippen molar-refractivity contribution in [3.05, 3.63) is 35.9 Å². The summed E-state index contributed by atoms with van der Waals surface area (Å²) in [4.78, 5) is 27.9. The monoisotopic (exact) mass is 344 g/mol. The number of carbonyl (C=O) groups excluding carboxylic acids is 2. The quantitative estimate of drug-likeness (QED) is 0.894. The van der Waals surface area contributed by atoms with Gasteiger partial charge in [0, 0.05) is 19.6 Å². The molecule has 1 aromatic rings. The number of carbonyl (C=O) groups is 2. The van der Waals surface area contributed by atoms with Gasteiger partial charge in [-0.2, -0.15) is 0 Å². The molecule has 134 valence electrons. The third-order valence-corrected chi connectivity index (χ3v) is 4.79. The maximum absolute atomic E-state index is 12.6. The van der Waals surface area contributed by atoms with E-state index in [0.717, 1.165) is 29.7 Å². The fraction of sp³-hybridized carbons (Fsp3) is 0.474. The number of methoxy groups -OCH3 is 1. The minimum atomic E-state index is -0.973. The molecule has 1 saturated heterocycles. The van der Waals surface area contributed by atoms with Gasteiger partial charge in [0.05, 0.1) is 13.7 Å². The highest BCUT2D eigenvalue weighted by Gasteiger charge is 2.29. The molecule has 0 spiro atoms. The largest absolute Gasteiger partial charge is 0.497 e. The van der Waals surface area contributed by atoms with Gasteiger partial charge in [0.2, 0.25) is 5.91 Å². The third kappa shape index (κ3) is 4.02. The molecular formula is C19H24N2O4. The van der Waals surface area contributed by atoms with E-state index < -0.39 is 6.10 Å². The number of likely N-dealkylation sites (tertiary alicyclic amines) is 1. The second kappa shape index (κ2) is 7.70. The SMILES string of the molecule is COc1cccc(C2=CCN(C(=O)CN3CCCCC(O)C3=O)C2)c1. The molecule has 0 aromatic heterocycles. The number of nitrogens with zero attached hydrogens (tertiary/aromatic N) is 2. The lowest BCUT2D eigenvalue weighted by Gasteiger charge is -2.25. The fourth-order valence-corrected chi connectivity index (χ4v) is 3.28. The van der Waals surface area contributed by atoms with Crippen LogP contribution in [0.5, 0.6) is 5.75 Å². The number of aliphatic hydroxyl groups excluding tert-OH is 1. The van der Waals surface area contributed by atoms with Crippen molar-refractivity contribution >= 4 is 17.4 Å². The lowest BCUT2D eigenvalue weighted by Crippen LogP contribution is -2.45. The van der Waals surface area contributed by atoms with Crippen molar-refractivity contribution in [1.82, 2.24) is 9.80 Å². The number of hydrogen-bond acceptors (Lipinski definition) is 4. The molecule has 6 nitrogen and oxygen atoms in total. The molecule has 0 bridgehead atoms. The van der Waals surface area contributed by atoms with Gasteiger partial charge in [-0.1, -0.05) is 18.2 Å². The highest BCUT2D eigenvalue weighted by Crippen LogP contribution is 2.24. The van der Waals surface area contributed by atoms with E-state index in [0.29, 0.717) is 26.1 Å². The first-order valence-electron chi connectivity index (χ1n) is 8.66. The minimum absolute atomic E-state index is 0.0368. The average molecular weight is 344 g/mol. The van der Waals surface area contributed by atoms with E-state index in [2.05, 4.69) is 0 Å². The number of hydrogen-bond donors (Lipinski definition) is 1. The van der Waals surface area contributed by atoms with Gasteiger partial charge >= 0.3 is 0 Å². The molecule has 2 aliphatic heterocycles. The van der Waals surface area contributed by atoms with Gasteiger partial charge < -0.3 is 19.6 Å². The van der Waals surface area contributed by atoms with Crippen LogP contribution >= 0.6 is 0 Å². The lowest BCUT2D eigenvalue weighted by molar-refractivity contribution is -0.144. The number of benzene rings is 1. The van der Waals surface area contributed by atoms with Crippen LogP contribution in [0, 0.1) is 0 Å². The minimum Gasteiger partial charge on any atom is -0.497 e. The van der Waals surface area contributed by atoms with E-state index in [4.69, 9.17) is 4.74 Å². The standard InChI is InChI=1S/C19H24N2O4/c1-25-16-6-4-5-14(11-16)15-8-10-20(12-15)18(23)13-21-9-3-2-7-17(22)19(21)24/h4-6,8,11,17,22H,2-3,7,9-10,12-13H2,1H3. The van der Waals surface area contributed by atoms with Crippen molar-refractivity contribution < 1.29 is 19.4 Å². The van der Waals surface area contributed by atoms with E-state index in [1.165, 1.54) is 4.90 Å². The topological polar surface area (TPSA) is 70.1 Å². The normalized spacial score (nSPS) is 21.1. The van der Waals surface area contributed by atoms with Crippen molar-refractivity contribution in [2.24, 2.45) is 0 Å². The molecular weight excluding hydrogens is 320 g/mol. The Morgan fingerprint density at radius 3 is 3.00 bits per heavy atom. The number of ether oxygens (including phenoxy) is 1. The highest BCUT2D eigenvalue weighted by atomic mass is 16.5. The zero-order valence-electron chi connectivity index (χ0n) is 14.5. The van der Waals surface area contributed by atoms with Crippen LogP contribution in [0.4, 0.5) is 0 Å². The predicted molar refractivity (Wildman–Crippen MR) is 94.0 cm³/mol. The summed E-state index contributed by atoms with van der Waals surface area (Å²) in [5.41, 5.74) is 2.12. The molecule has 1 N–H and O–H groups in total. The second-order valence-electron chi connectivity index (χ2n) is 6.51. The lowest BCUT2D eigenvalue weighted by atomic mass is 10.1. The third-order valence-electron chi connectivity index (χ3n) is 4.79. The van der Waals surface area contributed by atoms with Crippen LogP contribution in [0.1, 0.15) is 24.8 Å². The molecule has 6 heteroatoms. The Bertz CT molecular complexity index is 686. The maximum atomic E-state index is 12.6. The van der Waals surface area contributed by atoms with E-state index in [1.54, 1.807) is 12.0 Å². The smallest absolute Gasteiger partial charge is 0.251 e. The van der Waals surface area contributed by atoms with E-state index in [9.17, 15) is 14.7 Å². The maximum Gasteiger partial charge on any atom is 0.251 e. The summed E-state index contributed by atoms with van der Waals surface area (Å²) in [7, 11) is 1.63. The fourth-order valence-electron chi connectivity index (χ4n) is 3.28. The van der Waals surface area contributed by atoms with Gasteiger partial charge in [-0.25, -0.2) is 0 Å². The van der Waals surface area contributed by atoms with Crippen molar-refractivity contribution in [3.63, 3.8) is 0 Å². The number of amides is 2. The molecule has 1 aromatic carbocycles. The highest BCUT2D eigenvalue weighted by molar-refractivity contribution is 5.88. The molecule has 0 aliphatic carbocycles. The molecule has 1 fully saturated rings. The van der Waals surface area contributed by atoms with Crippen LogP contribution in [0.2, 0.25) is 0 Å². The van der Waals surface area contributed by atoms with Crippen molar-refractivity contribution in [3.8, 4) is 5.75 Å². The molecule has 3 rings (SSSR count). The van der Waals surface area contributed by atoms with Crippen LogP contribution in [-0.2, 0) is 9.59 Å². The van der Waals surface area contributed by atoms with Gasteiger partial charge in [-0.05, 0) is 42.5 Å².